The number of carbonyl (C=O) groups excluding carboxylic acids is 1. The maximum Gasteiger partial charge on any atom is 0.230 e. The first-order chi connectivity index (χ1) is 7.34. The van der Waals surface area contributed by atoms with Crippen LogP contribution in [0.25, 0.3) is 0 Å². The quantitative estimate of drug-likeness (QED) is 0.848. The SMILES string of the molecule is CC(CCl)C(=O)Nc1nc(C(C)(C)C)cs1. The number of nitrogens with zero attached hydrogens (tertiary/aromatic N) is 1. The summed E-state index contributed by atoms with van der Waals surface area (Å²) < 4.78 is 0. The number of alkyl halides is 1. The molecule has 90 valence electrons. The lowest BCUT2D eigenvalue weighted by Gasteiger charge is -2.14. The number of nitrogens with one attached hydrogen (secondary N) is 1. The van der Waals surface area contributed by atoms with Crippen LogP contribution >= 0.6 is 22.9 Å². The number of anilines is 1. The van der Waals surface area contributed by atoms with Crippen molar-refractivity contribution in [3.63, 3.8) is 0 Å². The summed E-state index contributed by atoms with van der Waals surface area (Å²) in [7, 11) is 0. The number of halogens is 1. The van der Waals surface area contributed by atoms with Crippen molar-refractivity contribution in [2.45, 2.75) is 33.1 Å². The highest BCUT2D eigenvalue weighted by Crippen LogP contribution is 2.26. The summed E-state index contributed by atoms with van der Waals surface area (Å²) >= 11 is 7.06. The van der Waals surface area contributed by atoms with Crippen LogP contribution in [-0.4, -0.2) is 16.8 Å². The molecule has 0 bridgehead atoms. The van der Waals surface area contributed by atoms with E-state index in [4.69, 9.17) is 11.6 Å². The number of hydrogen-bond acceptors (Lipinski definition) is 3. The summed E-state index contributed by atoms with van der Waals surface area (Å²) in [4.78, 5) is 16.0. The Hall–Kier alpha value is -0.610. The van der Waals surface area contributed by atoms with Gasteiger partial charge in [-0.3, -0.25) is 4.79 Å². The average molecular weight is 261 g/mol. The zero-order valence-corrected chi connectivity index (χ0v) is 11.6. The average Bonchev–Trinajstić information content (AvgIpc) is 2.64. The van der Waals surface area contributed by atoms with Gasteiger partial charge < -0.3 is 5.32 Å². The summed E-state index contributed by atoms with van der Waals surface area (Å²) in [5.74, 6) is 0.0528. The number of aromatic nitrogens is 1. The number of carbonyl (C=O) groups is 1. The molecule has 3 nitrogen and oxygen atoms in total. The Balaban J connectivity index is 2.70. The molecule has 1 N–H and O–H groups in total. The van der Waals surface area contributed by atoms with Crippen molar-refractivity contribution in [3.8, 4) is 0 Å². The standard InChI is InChI=1S/C11H17ClN2OS/c1-7(5-12)9(15)14-10-13-8(6-16-10)11(2,3)4/h6-7H,5H2,1-4H3,(H,13,14,15). The topological polar surface area (TPSA) is 42.0 Å². The van der Waals surface area contributed by atoms with Gasteiger partial charge in [-0.1, -0.05) is 27.7 Å². The molecule has 5 heteroatoms. The van der Waals surface area contributed by atoms with Crippen molar-refractivity contribution in [2.24, 2.45) is 5.92 Å². The fraction of sp³-hybridized carbons (Fsp3) is 0.636. The molecule has 1 rings (SSSR count). The van der Waals surface area contributed by atoms with Crippen LogP contribution in [0.4, 0.5) is 5.13 Å². The summed E-state index contributed by atoms with van der Waals surface area (Å²) in [5, 5.41) is 5.39. The predicted molar refractivity (Wildman–Crippen MR) is 69.3 cm³/mol. The highest BCUT2D eigenvalue weighted by molar-refractivity contribution is 7.13. The zero-order valence-electron chi connectivity index (χ0n) is 10.0. The maximum atomic E-state index is 11.6. The van der Waals surface area contributed by atoms with Crippen LogP contribution in [0.2, 0.25) is 0 Å². The molecule has 1 heterocycles. The second-order valence-electron chi connectivity index (χ2n) is 4.83. The van der Waals surface area contributed by atoms with E-state index >= 15 is 0 Å². The lowest BCUT2D eigenvalue weighted by Crippen LogP contribution is -2.21. The van der Waals surface area contributed by atoms with Crippen molar-refractivity contribution >= 4 is 34.0 Å². The molecule has 0 aromatic carbocycles. The van der Waals surface area contributed by atoms with E-state index in [2.05, 4.69) is 31.1 Å². The third-order valence-electron chi connectivity index (χ3n) is 2.18. The molecule has 0 saturated carbocycles. The first kappa shape index (κ1) is 13.5. The fourth-order valence-electron chi connectivity index (χ4n) is 0.974. The van der Waals surface area contributed by atoms with Crippen molar-refractivity contribution in [3.05, 3.63) is 11.1 Å². The first-order valence-electron chi connectivity index (χ1n) is 5.17. The van der Waals surface area contributed by atoms with E-state index in [1.54, 1.807) is 6.92 Å². The number of rotatable bonds is 3. The highest BCUT2D eigenvalue weighted by atomic mass is 35.5. The molecule has 0 aliphatic heterocycles. The van der Waals surface area contributed by atoms with Gasteiger partial charge in [0.1, 0.15) is 0 Å². The van der Waals surface area contributed by atoms with E-state index in [0.29, 0.717) is 11.0 Å². The molecule has 0 saturated heterocycles. The van der Waals surface area contributed by atoms with Gasteiger partial charge in [0.25, 0.3) is 0 Å². The van der Waals surface area contributed by atoms with Gasteiger partial charge in [-0.2, -0.15) is 0 Å². The van der Waals surface area contributed by atoms with Gasteiger partial charge in [0.15, 0.2) is 5.13 Å². The monoisotopic (exact) mass is 260 g/mol. The summed E-state index contributed by atoms with van der Waals surface area (Å²) in [5.41, 5.74) is 1.00. The first-order valence-corrected chi connectivity index (χ1v) is 6.59. The molecular formula is C11H17ClN2OS. The van der Waals surface area contributed by atoms with Crippen LogP contribution < -0.4 is 5.32 Å². The highest BCUT2D eigenvalue weighted by Gasteiger charge is 2.19. The fourth-order valence-corrected chi connectivity index (χ4v) is 2.05. The Bertz CT molecular complexity index is 370. The van der Waals surface area contributed by atoms with Gasteiger partial charge >= 0.3 is 0 Å². The Morgan fingerprint density at radius 2 is 2.25 bits per heavy atom. The Labute approximate surface area is 105 Å². The van der Waals surface area contributed by atoms with Crippen LogP contribution in [0.1, 0.15) is 33.4 Å². The van der Waals surface area contributed by atoms with Gasteiger partial charge in [0, 0.05) is 22.6 Å². The largest absolute Gasteiger partial charge is 0.302 e. The van der Waals surface area contributed by atoms with Crippen molar-refractivity contribution in [1.82, 2.24) is 4.98 Å². The molecule has 16 heavy (non-hydrogen) atoms. The third kappa shape index (κ3) is 3.46. The number of amides is 1. The Morgan fingerprint density at radius 1 is 1.62 bits per heavy atom. The zero-order chi connectivity index (χ0) is 12.3. The minimum atomic E-state index is -0.191. The molecule has 1 aromatic heterocycles. The third-order valence-corrected chi connectivity index (χ3v) is 3.40. The molecule has 0 radical (unpaired) electrons. The van der Waals surface area contributed by atoms with Crippen molar-refractivity contribution in [1.29, 1.82) is 0 Å². The van der Waals surface area contributed by atoms with E-state index in [-0.39, 0.29) is 17.2 Å². The van der Waals surface area contributed by atoms with Crippen molar-refractivity contribution in [2.75, 3.05) is 11.2 Å². The Morgan fingerprint density at radius 3 is 2.69 bits per heavy atom. The van der Waals surface area contributed by atoms with E-state index in [1.165, 1.54) is 11.3 Å². The molecule has 1 unspecified atom stereocenters. The second-order valence-corrected chi connectivity index (χ2v) is 6.00. The second kappa shape index (κ2) is 5.15. The van der Waals surface area contributed by atoms with E-state index in [9.17, 15) is 4.79 Å². The van der Waals surface area contributed by atoms with Crippen LogP contribution in [0, 0.1) is 5.92 Å². The van der Waals surface area contributed by atoms with Crippen LogP contribution in [0.15, 0.2) is 5.38 Å². The van der Waals surface area contributed by atoms with E-state index in [0.717, 1.165) is 5.69 Å². The lowest BCUT2D eigenvalue weighted by atomic mass is 9.93. The van der Waals surface area contributed by atoms with E-state index in [1.807, 2.05) is 5.38 Å². The normalized spacial score (nSPS) is 13.6. The number of hydrogen-bond donors (Lipinski definition) is 1. The molecule has 0 spiro atoms. The van der Waals surface area contributed by atoms with Gasteiger partial charge in [-0.15, -0.1) is 22.9 Å². The van der Waals surface area contributed by atoms with Gasteiger partial charge in [0.2, 0.25) is 5.91 Å². The molecule has 1 aromatic rings. The van der Waals surface area contributed by atoms with Crippen LogP contribution in [0.3, 0.4) is 0 Å². The molecule has 0 fully saturated rings. The van der Waals surface area contributed by atoms with Crippen LogP contribution in [0.5, 0.6) is 0 Å². The minimum Gasteiger partial charge on any atom is -0.302 e. The molecule has 0 aliphatic rings. The minimum absolute atomic E-state index is 0.0115. The molecule has 1 amide bonds. The van der Waals surface area contributed by atoms with Gasteiger partial charge in [-0.25, -0.2) is 4.98 Å². The summed E-state index contributed by atoms with van der Waals surface area (Å²) in [6.07, 6.45) is 0. The predicted octanol–water partition coefficient (Wildman–Crippen LogP) is 3.25. The summed E-state index contributed by atoms with van der Waals surface area (Å²) in [6, 6.07) is 0. The van der Waals surface area contributed by atoms with Gasteiger partial charge in [0.05, 0.1) is 5.69 Å². The number of thiazole rings is 1. The smallest absolute Gasteiger partial charge is 0.230 e. The molecule has 1 atom stereocenters. The lowest BCUT2D eigenvalue weighted by molar-refractivity contribution is -0.118. The Kier molecular flexibility index (Phi) is 4.33. The molecular weight excluding hydrogens is 244 g/mol. The summed E-state index contributed by atoms with van der Waals surface area (Å²) in [6.45, 7) is 8.07. The maximum absolute atomic E-state index is 11.6. The van der Waals surface area contributed by atoms with Crippen LogP contribution in [-0.2, 0) is 10.2 Å². The van der Waals surface area contributed by atoms with Gasteiger partial charge in [-0.05, 0) is 0 Å². The van der Waals surface area contributed by atoms with Crippen molar-refractivity contribution < 1.29 is 4.79 Å². The molecule has 0 aliphatic carbocycles. The van der Waals surface area contributed by atoms with E-state index < -0.39 is 0 Å².